The molecule has 0 aromatic heterocycles. The average Bonchev–Trinajstić information content (AvgIpc) is 2.26. The van der Waals surface area contributed by atoms with Gasteiger partial charge in [-0.15, -0.1) is 0 Å². The van der Waals surface area contributed by atoms with E-state index in [0.717, 1.165) is 28.6 Å². The van der Waals surface area contributed by atoms with Gasteiger partial charge in [0, 0.05) is 19.7 Å². The Kier molecular flexibility index (Phi) is 3.82. The molecule has 0 aliphatic carbocycles. The summed E-state index contributed by atoms with van der Waals surface area (Å²) in [5.41, 5.74) is -0.597. The molecule has 0 N–H and O–H groups in total. The van der Waals surface area contributed by atoms with Crippen LogP contribution in [-0.2, 0) is 10.0 Å². The Balaban J connectivity index is 3.13. The Morgan fingerprint density at radius 2 is 1.56 bits per heavy atom. The summed E-state index contributed by atoms with van der Waals surface area (Å²) < 4.78 is 60.5. The first-order valence-corrected chi connectivity index (χ1v) is 6.15. The van der Waals surface area contributed by atoms with Crippen molar-refractivity contribution >= 4 is 15.8 Å². The van der Waals surface area contributed by atoms with Crippen molar-refractivity contribution in [2.75, 3.05) is 14.1 Å². The molecule has 0 atom stereocenters. The smallest absolute Gasteiger partial charge is 0.284 e. The molecule has 0 amide bonds. The second-order valence-corrected chi connectivity index (χ2v) is 5.79. The van der Waals surface area contributed by atoms with Gasteiger partial charge in [-0.3, -0.25) is 4.79 Å². The van der Waals surface area contributed by atoms with E-state index in [1.165, 1.54) is 14.1 Å². The molecule has 0 saturated heterocycles. The van der Waals surface area contributed by atoms with Gasteiger partial charge in [0.15, 0.2) is 0 Å². The van der Waals surface area contributed by atoms with Gasteiger partial charge < -0.3 is 0 Å². The molecule has 1 rings (SSSR count). The summed E-state index contributed by atoms with van der Waals surface area (Å²) in [7, 11) is -1.12. The fourth-order valence-electron chi connectivity index (χ4n) is 1.15. The molecule has 0 spiro atoms. The Morgan fingerprint density at radius 3 is 1.89 bits per heavy atom. The zero-order valence-corrected chi connectivity index (χ0v) is 10.3. The van der Waals surface area contributed by atoms with Gasteiger partial charge in [0.25, 0.3) is 5.78 Å². The molecular weight excluding hydrogens is 271 g/mol. The number of carbonyl (C=O) groups is 1. The van der Waals surface area contributed by atoms with Gasteiger partial charge in [0.05, 0.1) is 4.90 Å². The molecular formula is C10H10F3NO3S. The van der Waals surface area contributed by atoms with E-state index in [-0.39, 0.29) is 4.90 Å². The number of ketones is 1. The first-order valence-electron chi connectivity index (χ1n) is 4.71. The van der Waals surface area contributed by atoms with Crippen LogP contribution in [0.15, 0.2) is 29.2 Å². The quantitative estimate of drug-likeness (QED) is 0.792. The van der Waals surface area contributed by atoms with E-state index < -0.39 is 27.5 Å². The highest BCUT2D eigenvalue weighted by molar-refractivity contribution is 7.89. The summed E-state index contributed by atoms with van der Waals surface area (Å²) >= 11 is 0. The second-order valence-electron chi connectivity index (χ2n) is 3.64. The van der Waals surface area contributed by atoms with Crippen molar-refractivity contribution in [1.29, 1.82) is 0 Å². The minimum atomic E-state index is -4.97. The van der Waals surface area contributed by atoms with Gasteiger partial charge in [-0.05, 0) is 24.3 Å². The van der Waals surface area contributed by atoms with E-state index >= 15 is 0 Å². The van der Waals surface area contributed by atoms with Crippen molar-refractivity contribution in [3.63, 3.8) is 0 Å². The number of carbonyl (C=O) groups excluding carboxylic acids is 1. The van der Waals surface area contributed by atoms with Crippen molar-refractivity contribution in [2.24, 2.45) is 0 Å². The minimum absolute atomic E-state index is 0.175. The van der Waals surface area contributed by atoms with Crippen LogP contribution in [0.4, 0.5) is 13.2 Å². The van der Waals surface area contributed by atoms with Gasteiger partial charge in [-0.2, -0.15) is 13.2 Å². The maximum atomic E-state index is 12.1. The van der Waals surface area contributed by atoms with Gasteiger partial charge in [0.2, 0.25) is 10.0 Å². The van der Waals surface area contributed by atoms with Crippen LogP contribution in [0.1, 0.15) is 10.4 Å². The van der Waals surface area contributed by atoms with E-state index in [0.29, 0.717) is 0 Å². The van der Waals surface area contributed by atoms with Gasteiger partial charge in [-0.25, -0.2) is 12.7 Å². The van der Waals surface area contributed by atoms with Crippen LogP contribution in [0.3, 0.4) is 0 Å². The summed E-state index contributed by atoms with van der Waals surface area (Å²) in [5.74, 6) is -2.00. The Bertz CT molecular complexity index is 547. The largest absolute Gasteiger partial charge is 0.454 e. The summed E-state index contributed by atoms with van der Waals surface area (Å²) in [4.78, 5) is 10.7. The lowest BCUT2D eigenvalue weighted by molar-refractivity contribution is -0.0885. The molecule has 0 heterocycles. The molecule has 18 heavy (non-hydrogen) atoms. The van der Waals surface area contributed by atoms with Crippen LogP contribution in [0, 0.1) is 0 Å². The topological polar surface area (TPSA) is 54.5 Å². The zero-order chi connectivity index (χ0) is 14.1. The number of sulfonamides is 1. The fraction of sp³-hybridized carbons (Fsp3) is 0.300. The van der Waals surface area contributed by atoms with Gasteiger partial charge in [-0.1, -0.05) is 0 Å². The molecule has 1 aromatic rings. The number of hydrogen-bond acceptors (Lipinski definition) is 3. The molecule has 0 radical (unpaired) electrons. The van der Waals surface area contributed by atoms with E-state index in [9.17, 15) is 26.4 Å². The Labute approximate surface area is 102 Å². The van der Waals surface area contributed by atoms with Crippen LogP contribution in [0.5, 0.6) is 0 Å². The number of nitrogens with zero attached hydrogens (tertiary/aromatic N) is 1. The average molecular weight is 281 g/mol. The molecule has 4 nitrogen and oxygen atoms in total. The monoisotopic (exact) mass is 281 g/mol. The molecule has 0 saturated carbocycles. The van der Waals surface area contributed by atoms with Crippen LogP contribution >= 0.6 is 0 Å². The highest BCUT2D eigenvalue weighted by Gasteiger charge is 2.39. The number of hydrogen-bond donors (Lipinski definition) is 0. The molecule has 0 unspecified atom stereocenters. The first kappa shape index (κ1) is 14.7. The third-order valence-corrected chi connectivity index (χ3v) is 3.98. The molecule has 1 aromatic carbocycles. The van der Waals surface area contributed by atoms with E-state index in [1.54, 1.807) is 0 Å². The van der Waals surface area contributed by atoms with Gasteiger partial charge >= 0.3 is 6.18 Å². The Morgan fingerprint density at radius 1 is 1.11 bits per heavy atom. The lowest BCUT2D eigenvalue weighted by Crippen LogP contribution is -2.24. The van der Waals surface area contributed by atoms with Crippen LogP contribution in [0.25, 0.3) is 0 Å². The SMILES string of the molecule is CN(C)S(=O)(=O)c1ccc(C(=O)C(F)(F)F)cc1. The van der Waals surface area contributed by atoms with E-state index in [2.05, 4.69) is 0 Å². The summed E-state index contributed by atoms with van der Waals surface area (Å²) in [6.07, 6.45) is -4.97. The molecule has 0 aliphatic heterocycles. The number of halogens is 3. The Hall–Kier alpha value is -1.41. The summed E-state index contributed by atoms with van der Waals surface area (Å²) in [6, 6.07) is 3.61. The van der Waals surface area contributed by atoms with Crippen molar-refractivity contribution in [2.45, 2.75) is 11.1 Å². The van der Waals surface area contributed by atoms with Gasteiger partial charge in [0.1, 0.15) is 0 Å². The highest BCUT2D eigenvalue weighted by atomic mass is 32.2. The normalized spacial score (nSPS) is 12.8. The molecule has 8 heteroatoms. The van der Waals surface area contributed by atoms with E-state index in [4.69, 9.17) is 0 Å². The predicted molar refractivity (Wildman–Crippen MR) is 57.7 cm³/mol. The van der Waals surface area contributed by atoms with Crippen LogP contribution in [-0.4, -0.2) is 38.8 Å². The van der Waals surface area contributed by atoms with Crippen molar-refractivity contribution in [3.8, 4) is 0 Å². The van der Waals surface area contributed by atoms with Crippen LogP contribution in [0.2, 0.25) is 0 Å². The number of alkyl halides is 3. The lowest BCUT2D eigenvalue weighted by Gasteiger charge is -2.11. The molecule has 100 valence electrons. The maximum Gasteiger partial charge on any atom is 0.454 e. The molecule has 0 fully saturated rings. The molecule has 0 bridgehead atoms. The summed E-state index contributed by atoms with van der Waals surface area (Å²) in [6.45, 7) is 0. The third-order valence-electron chi connectivity index (χ3n) is 2.15. The lowest BCUT2D eigenvalue weighted by atomic mass is 10.1. The highest BCUT2D eigenvalue weighted by Crippen LogP contribution is 2.22. The minimum Gasteiger partial charge on any atom is -0.284 e. The third kappa shape index (κ3) is 2.88. The van der Waals surface area contributed by atoms with Crippen LogP contribution < -0.4 is 0 Å². The number of rotatable bonds is 3. The second kappa shape index (κ2) is 4.69. The zero-order valence-electron chi connectivity index (χ0n) is 9.52. The van der Waals surface area contributed by atoms with Crippen molar-refractivity contribution in [3.05, 3.63) is 29.8 Å². The summed E-state index contributed by atoms with van der Waals surface area (Å²) in [5, 5.41) is 0. The number of benzene rings is 1. The van der Waals surface area contributed by atoms with Crippen molar-refractivity contribution in [1.82, 2.24) is 4.31 Å². The van der Waals surface area contributed by atoms with Crippen molar-refractivity contribution < 1.29 is 26.4 Å². The first-order chi connectivity index (χ1) is 8.06. The standard InChI is InChI=1S/C10H10F3NO3S/c1-14(2)18(16,17)8-5-3-7(4-6-8)9(15)10(11,12)13/h3-6H,1-2H3. The predicted octanol–water partition coefficient (Wildman–Crippen LogP) is 1.68. The maximum absolute atomic E-state index is 12.1. The molecule has 0 aliphatic rings. The van der Waals surface area contributed by atoms with E-state index in [1.807, 2.05) is 0 Å². The fourth-order valence-corrected chi connectivity index (χ4v) is 2.05. The number of Topliss-reactive ketones (excluding diaryl/α,β-unsaturated/α-hetero) is 1.